The Morgan fingerprint density at radius 3 is 2.57 bits per heavy atom. The molecule has 0 bridgehead atoms. The van der Waals surface area contributed by atoms with Gasteiger partial charge in [-0.25, -0.2) is 0 Å². The number of hydrogen-bond acceptors (Lipinski definition) is 3. The van der Waals surface area contributed by atoms with E-state index in [0.717, 1.165) is 17.7 Å². The van der Waals surface area contributed by atoms with Gasteiger partial charge in [-0.1, -0.05) is 32.0 Å². The Labute approximate surface area is 124 Å². The van der Waals surface area contributed by atoms with Crippen LogP contribution in [0.15, 0.2) is 42.5 Å². The Bertz CT molecular complexity index is 653. The number of hydrogen-bond donors (Lipinski definition) is 2. The van der Waals surface area contributed by atoms with Crippen molar-refractivity contribution < 1.29 is 9.53 Å². The number of rotatable bonds is 5. The zero-order valence-electron chi connectivity index (χ0n) is 12.3. The monoisotopic (exact) mass is 284 g/mol. The van der Waals surface area contributed by atoms with Crippen LogP contribution in [-0.4, -0.2) is 5.91 Å². The molecule has 4 nitrogen and oxygen atoms in total. The van der Waals surface area contributed by atoms with Gasteiger partial charge < -0.3 is 16.2 Å². The summed E-state index contributed by atoms with van der Waals surface area (Å²) in [5.74, 6) is 0.969. The molecule has 0 heterocycles. The smallest absolute Gasteiger partial charge is 0.252 e. The van der Waals surface area contributed by atoms with E-state index in [0.29, 0.717) is 17.4 Å². The number of ether oxygens (including phenoxy) is 1. The quantitative estimate of drug-likeness (QED) is 0.822. The third-order valence-electron chi connectivity index (χ3n) is 3.55. The maximum atomic E-state index is 11.5. The molecule has 4 N–H and O–H groups in total. The van der Waals surface area contributed by atoms with Crippen molar-refractivity contribution in [3.63, 3.8) is 0 Å². The summed E-state index contributed by atoms with van der Waals surface area (Å²) < 4.78 is 5.92. The van der Waals surface area contributed by atoms with Crippen LogP contribution in [0.25, 0.3) is 0 Å². The Kier molecular flexibility index (Phi) is 4.48. The third-order valence-corrected chi connectivity index (χ3v) is 3.55. The van der Waals surface area contributed by atoms with Crippen molar-refractivity contribution >= 4 is 11.6 Å². The summed E-state index contributed by atoms with van der Waals surface area (Å²) >= 11 is 0. The largest absolute Gasteiger partial charge is 0.456 e. The first-order chi connectivity index (χ1) is 10.0. The zero-order valence-corrected chi connectivity index (χ0v) is 12.3. The van der Waals surface area contributed by atoms with Gasteiger partial charge in [-0.05, 0) is 42.2 Å². The number of carbonyl (C=O) groups excluding carboxylic acids is 1. The Morgan fingerprint density at radius 1 is 1.19 bits per heavy atom. The number of nitrogens with two attached hydrogens (primary N) is 2. The van der Waals surface area contributed by atoms with Gasteiger partial charge in [0, 0.05) is 5.69 Å². The molecule has 2 aromatic carbocycles. The summed E-state index contributed by atoms with van der Waals surface area (Å²) in [6, 6.07) is 12.7. The van der Waals surface area contributed by atoms with E-state index in [-0.39, 0.29) is 5.56 Å². The number of benzene rings is 2. The highest BCUT2D eigenvalue weighted by molar-refractivity contribution is 5.96. The molecule has 1 atom stereocenters. The molecule has 0 radical (unpaired) electrons. The van der Waals surface area contributed by atoms with E-state index in [1.807, 2.05) is 24.3 Å². The van der Waals surface area contributed by atoms with Crippen LogP contribution in [-0.2, 0) is 0 Å². The summed E-state index contributed by atoms with van der Waals surface area (Å²) in [6.07, 6.45) is 1.00. The van der Waals surface area contributed by atoms with E-state index in [4.69, 9.17) is 16.2 Å². The second kappa shape index (κ2) is 6.31. The fourth-order valence-electron chi connectivity index (χ4n) is 2.15. The normalized spacial score (nSPS) is 11.9. The molecule has 0 saturated carbocycles. The second-order valence-corrected chi connectivity index (χ2v) is 5.07. The minimum atomic E-state index is -0.557. The fraction of sp³-hybridized carbons (Fsp3) is 0.235. The number of primary amides is 1. The fourth-order valence-corrected chi connectivity index (χ4v) is 2.15. The van der Waals surface area contributed by atoms with E-state index < -0.39 is 5.91 Å². The number of para-hydroxylation sites is 1. The maximum Gasteiger partial charge on any atom is 0.252 e. The van der Waals surface area contributed by atoms with Crippen LogP contribution < -0.4 is 16.2 Å². The van der Waals surface area contributed by atoms with Gasteiger partial charge in [0.25, 0.3) is 5.91 Å². The van der Waals surface area contributed by atoms with Crippen molar-refractivity contribution in [1.29, 1.82) is 0 Å². The minimum Gasteiger partial charge on any atom is -0.456 e. The predicted molar refractivity (Wildman–Crippen MR) is 84.6 cm³/mol. The highest BCUT2D eigenvalue weighted by atomic mass is 16.5. The Morgan fingerprint density at radius 2 is 1.90 bits per heavy atom. The van der Waals surface area contributed by atoms with Crippen LogP contribution in [0.1, 0.15) is 42.1 Å². The second-order valence-electron chi connectivity index (χ2n) is 5.07. The van der Waals surface area contributed by atoms with E-state index in [9.17, 15) is 4.79 Å². The molecule has 110 valence electrons. The van der Waals surface area contributed by atoms with Crippen LogP contribution in [0.2, 0.25) is 0 Å². The van der Waals surface area contributed by atoms with Gasteiger partial charge in [0.2, 0.25) is 0 Å². The molecule has 1 amide bonds. The lowest BCUT2D eigenvalue weighted by molar-refractivity contribution is 0.0998. The van der Waals surface area contributed by atoms with Crippen molar-refractivity contribution in [3.05, 3.63) is 53.6 Å². The van der Waals surface area contributed by atoms with Crippen molar-refractivity contribution in [1.82, 2.24) is 0 Å². The molecule has 0 fully saturated rings. The molecule has 0 aliphatic carbocycles. The molecule has 0 aliphatic heterocycles. The van der Waals surface area contributed by atoms with Gasteiger partial charge in [-0.2, -0.15) is 0 Å². The lowest BCUT2D eigenvalue weighted by atomic mass is 9.98. The molecule has 0 aliphatic rings. The van der Waals surface area contributed by atoms with Crippen LogP contribution in [0.4, 0.5) is 5.69 Å². The van der Waals surface area contributed by atoms with Crippen LogP contribution in [0.5, 0.6) is 11.5 Å². The van der Waals surface area contributed by atoms with E-state index in [2.05, 4.69) is 13.8 Å². The summed E-state index contributed by atoms with van der Waals surface area (Å²) in [5.41, 5.74) is 12.9. The molecular formula is C17H20N2O2. The lowest BCUT2D eigenvalue weighted by Crippen LogP contribution is -2.13. The summed E-state index contributed by atoms with van der Waals surface area (Å²) in [4.78, 5) is 11.5. The Hall–Kier alpha value is -2.49. The third kappa shape index (κ3) is 3.34. The number of nitrogen functional groups attached to an aromatic ring is 1. The molecule has 0 spiro atoms. The average molecular weight is 284 g/mol. The first-order valence-electron chi connectivity index (χ1n) is 6.99. The van der Waals surface area contributed by atoms with Gasteiger partial charge in [0.1, 0.15) is 11.5 Å². The molecule has 21 heavy (non-hydrogen) atoms. The molecule has 0 saturated heterocycles. The Balaban J connectivity index is 2.41. The standard InChI is InChI=1S/C17H20N2O2/c1-3-11(2)13-6-4-5-7-15(13)21-16-9-8-12(18)10-14(16)17(19)20/h4-11H,3,18H2,1-2H3,(H2,19,20). The number of amides is 1. The predicted octanol–water partition coefficient (Wildman–Crippen LogP) is 3.67. The molecular weight excluding hydrogens is 264 g/mol. The van der Waals surface area contributed by atoms with Gasteiger partial charge in [-0.3, -0.25) is 4.79 Å². The van der Waals surface area contributed by atoms with Crippen LogP contribution in [0.3, 0.4) is 0 Å². The zero-order chi connectivity index (χ0) is 15.4. The van der Waals surface area contributed by atoms with Crippen molar-refractivity contribution in [2.24, 2.45) is 5.73 Å². The lowest BCUT2D eigenvalue weighted by Gasteiger charge is -2.16. The first kappa shape index (κ1) is 14.9. The average Bonchev–Trinajstić information content (AvgIpc) is 2.48. The summed E-state index contributed by atoms with van der Waals surface area (Å²) in [6.45, 7) is 4.26. The van der Waals surface area contributed by atoms with E-state index >= 15 is 0 Å². The molecule has 0 aromatic heterocycles. The topological polar surface area (TPSA) is 78.3 Å². The van der Waals surface area contributed by atoms with Crippen molar-refractivity contribution in [2.45, 2.75) is 26.2 Å². The van der Waals surface area contributed by atoms with E-state index in [1.165, 1.54) is 6.07 Å². The number of carbonyl (C=O) groups is 1. The maximum absolute atomic E-state index is 11.5. The van der Waals surface area contributed by atoms with Gasteiger partial charge in [-0.15, -0.1) is 0 Å². The van der Waals surface area contributed by atoms with Gasteiger partial charge in [0.05, 0.1) is 5.56 Å². The highest BCUT2D eigenvalue weighted by Crippen LogP contribution is 2.33. The molecule has 1 unspecified atom stereocenters. The SMILES string of the molecule is CCC(C)c1ccccc1Oc1ccc(N)cc1C(N)=O. The minimum absolute atomic E-state index is 0.286. The van der Waals surface area contributed by atoms with Crippen LogP contribution >= 0.6 is 0 Å². The van der Waals surface area contributed by atoms with E-state index in [1.54, 1.807) is 12.1 Å². The first-order valence-corrected chi connectivity index (χ1v) is 6.99. The highest BCUT2D eigenvalue weighted by Gasteiger charge is 2.14. The van der Waals surface area contributed by atoms with Crippen molar-refractivity contribution in [2.75, 3.05) is 5.73 Å². The van der Waals surface area contributed by atoms with Crippen molar-refractivity contribution in [3.8, 4) is 11.5 Å². The van der Waals surface area contributed by atoms with Gasteiger partial charge >= 0.3 is 0 Å². The van der Waals surface area contributed by atoms with Gasteiger partial charge in [0.15, 0.2) is 0 Å². The number of anilines is 1. The summed E-state index contributed by atoms with van der Waals surface area (Å²) in [7, 11) is 0. The van der Waals surface area contributed by atoms with Crippen LogP contribution in [0, 0.1) is 0 Å². The molecule has 2 rings (SSSR count). The molecule has 2 aromatic rings. The summed E-state index contributed by atoms with van der Waals surface area (Å²) in [5, 5.41) is 0. The molecule has 4 heteroatoms.